The van der Waals surface area contributed by atoms with Gasteiger partial charge in [0.1, 0.15) is 0 Å². The summed E-state index contributed by atoms with van der Waals surface area (Å²) in [6, 6.07) is 12.7. The summed E-state index contributed by atoms with van der Waals surface area (Å²) in [6.45, 7) is 10.5. The molecule has 2 aromatic carbocycles. The number of aromatic nitrogens is 1. The molecule has 0 bridgehead atoms. The minimum absolute atomic E-state index is 0. The van der Waals surface area contributed by atoms with Crippen molar-refractivity contribution in [2.75, 3.05) is 82.9 Å². The third-order valence-corrected chi connectivity index (χ3v) is 8.99. The highest BCUT2D eigenvalue weighted by Crippen LogP contribution is 2.29. The van der Waals surface area contributed by atoms with Gasteiger partial charge in [-0.15, -0.1) is 0 Å². The zero-order valence-corrected chi connectivity index (χ0v) is 29.1. The Kier molecular flexibility index (Phi) is 14.9. The number of urea groups is 1. The monoisotopic (exact) mass is 712 g/mol. The summed E-state index contributed by atoms with van der Waals surface area (Å²) >= 11 is 0. The highest BCUT2D eigenvalue weighted by molar-refractivity contribution is 5.99. The highest BCUT2D eigenvalue weighted by Gasteiger charge is 2.28. The Hall–Kier alpha value is -5.02. The molecule has 4 amide bonds. The van der Waals surface area contributed by atoms with E-state index in [1.54, 1.807) is 52.3 Å². The minimum Gasteiger partial charge on any atom is -0.453 e. The lowest BCUT2D eigenvalue weighted by Gasteiger charge is -2.37. The zero-order chi connectivity index (χ0) is 36.4. The molecule has 13 nitrogen and oxygen atoms in total. The van der Waals surface area contributed by atoms with Crippen LogP contribution in [0.25, 0.3) is 0 Å². The number of piperazine rings is 2. The van der Waals surface area contributed by atoms with Crippen molar-refractivity contribution in [1.29, 1.82) is 0 Å². The van der Waals surface area contributed by atoms with E-state index in [2.05, 4.69) is 25.4 Å². The lowest BCUT2D eigenvalue weighted by molar-refractivity contribution is 0.0768. The fourth-order valence-corrected chi connectivity index (χ4v) is 5.92. The van der Waals surface area contributed by atoms with Gasteiger partial charge in [-0.2, -0.15) is 0 Å². The summed E-state index contributed by atoms with van der Waals surface area (Å²) in [5, 5.41) is 5.20. The van der Waals surface area contributed by atoms with Crippen LogP contribution in [-0.2, 0) is 9.47 Å². The molecule has 0 saturated carbocycles. The molecule has 51 heavy (non-hydrogen) atoms. The Balaban J connectivity index is 0.000000292. The SMILES string of the molecule is C.COC(=O)N1CCN([C@@H](C)c2cccc(N)c2F)CC1.COC(=O)N1CCN([C@@H](C)c2cccc(NC(=O)Nc3ccc(C)nc3)c2F)CC1. The highest BCUT2D eigenvalue weighted by atomic mass is 19.1. The van der Waals surface area contributed by atoms with Crippen molar-refractivity contribution in [3.8, 4) is 0 Å². The van der Waals surface area contributed by atoms with Crippen LogP contribution in [0, 0.1) is 18.6 Å². The number of rotatable bonds is 6. The molecule has 2 fully saturated rings. The standard InChI is InChI=1S/C21H26FN5O3.C14H20FN3O2.CH4/c1-14-7-8-16(13-23-14)24-20(28)25-18-6-4-5-17(19(18)22)15(2)26-9-11-27(12-10-26)21(29)30-3;1-10(11-4-3-5-12(16)13(11)15)17-6-8-18(9-7-17)14(19)20-2;/h4-8,13,15H,9-12H2,1-3H3,(H2,24,25,28);3-5,10H,6-9,16H2,1-2H3;1H4/t15-;10-;/m00./s1. The van der Waals surface area contributed by atoms with Gasteiger partial charge in [-0.1, -0.05) is 31.7 Å². The van der Waals surface area contributed by atoms with E-state index >= 15 is 4.39 Å². The third kappa shape index (κ3) is 10.5. The van der Waals surface area contributed by atoms with E-state index in [9.17, 15) is 18.8 Å². The molecular weight excluding hydrogens is 662 g/mol. The van der Waals surface area contributed by atoms with Crippen molar-refractivity contribution in [2.24, 2.45) is 0 Å². The molecule has 1 aromatic heterocycles. The van der Waals surface area contributed by atoms with Gasteiger partial charge in [-0.25, -0.2) is 23.2 Å². The molecule has 0 unspecified atom stereocenters. The predicted molar refractivity (Wildman–Crippen MR) is 193 cm³/mol. The molecule has 0 radical (unpaired) electrons. The molecule has 0 aliphatic carbocycles. The van der Waals surface area contributed by atoms with Gasteiger partial charge in [0.25, 0.3) is 0 Å². The fraction of sp³-hybridized carbons (Fsp3) is 0.444. The number of aryl methyl sites for hydroxylation is 1. The molecule has 15 heteroatoms. The van der Waals surface area contributed by atoms with Crippen LogP contribution in [0.15, 0.2) is 54.7 Å². The number of nitrogens with zero attached hydrogens (tertiary/aromatic N) is 5. The zero-order valence-electron chi connectivity index (χ0n) is 29.1. The van der Waals surface area contributed by atoms with Crippen LogP contribution in [0.5, 0.6) is 0 Å². The van der Waals surface area contributed by atoms with E-state index in [1.807, 2.05) is 20.8 Å². The molecular formula is C36H50F2N8O5. The molecule has 2 aliphatic heterocycles. The third-order valence-electron chi connectivity index (χ3n) is 8.99. The fourth-order valence-electron chi connectivity index (χ4n) is 5.92. The van der Waals surface area contributed by atoms with Gasteiger partial charge in [0.05, 0.1) is 37.5 Å². The van der Waals surface area contributed by atoms with Crippen LogP contribution < -0.4 is 16.4 Å². The Morgan fingerprint density at radius 1 is 0.745 bits per heavy atom. The van der Waals surface area contributed by atoms with Crippen molar-refractivity contribution >= 4 is 35.3 Å². The molecule has 4 N–H and O–H groups in total. The van der Waals surface area contributed by atoms with E-state index in [-0.39, 0.29) is 48.9 Å². The van der Waals surface area contributed by atoms with E-state index in [4.69, 9.17) is 15.2 Å². The number of amides is 4. The number of carbonyl (C=O) groups excluding carboxylic acids is 3. The molecule has 3 aromatic rings. The Bertz CT molecular complexity index is 1610. The summed E-state index contributed by atoms with van der Waals surface area (Å²) in [6.07, 6.45) is 0.875. The Morgan fingerprint density at radius 2 is 1.24 bits per heavy atom. The number of hydrogen-bond donors (Lipinski definition) is 3. The van der Waals surface area contributed by atoms with Crippen LogP contribution in [0.3, 0.4) is 0 Å². The summed E-state index contributed by atoms with van der Waals surface area (Å²) in [7, 11) is 2.73. The summed E-state index contributed by atoms with van der Waals surface area (Å²) in [5.41, 5.74) is 8.31. The Morgan fingerprint density at radius 3 is 1.71 bits per heavy atom. The van der Waals surface area contributed by atoms with E-state index in [1.165, 1.54) is 26.5 Å². The molecule has 278 valence electrons. The number of hydrogen-bond acceptors (Lipinski definition) is 9. The number of nitrogens with one attached hydrogen (secondary N) is 2. The van der Waals surface area contributed by atoms with Crippen LogP contribution >= 0.6 is 0 Å². The number of halogens is 2. The number of nitrogen functional groups attached to an aromatic ring is 1. The van der Waals surface area contributed by atoms with Crippen LogP contribution in [0.1, 0.15) is 50.2 Å². The van der Waals surface area contributed by atoms with Gasteiger partial charge in [0, 0.05) is 81.3 Å². The number of carbonyl (C=O) groups is 3. The first-order valence-corrected chi connectivity index (χ1v) is 16.4. The van der Waals surface area contributed by atoms with Gasteiger partial charge in [-0.3, -0.25) is 14.8 Å². The second-order valence-electron chi connectivity index (χ2n) is 12.1. The maximum absolute atomic E-state index is 15.1. The topological polar surface area (TPSA) is 146 Å². The lowest BCUT2D eigenvalue weighted by Crippen LogP contribution is -2.49. The van der Waals surface area contributed by atoms with Crippen LogP contribution in [0.2, 0.25) is 0 Å². The average Bonchev–Trinajstić information content (AvgIpc) is 3.13. The normalized spacial score (nSPS) is 16.1. The first kappa shape index (κ1) is 40.4. The quantitative estimate of drug-likeness (QED) is 0.258. The molecule has 0 spiro atoms. The molecule has 2 saturated heterocycles. The van der Waals surface area contributed by atoms with Crippen LogP contribution in [-0.4, -0.2) is 109 Å². The van der Waals surface area contributed by atoms with Crippen molar-refractivity contribution in [2.45, 2.75) is 40.3 Å². The van der Waals surface area contributed by atoms with E-state index in [0.29, 0.717) is 69.2 Å². The van der Waals surface area contributed by atoms with Crippen molar-refractivity contribution in [1.82, 2.24) is 24.6 Å². The van der Waals surface area contributed by atoms with Crippen molar-refractivity contribution in [3.63, 3.8) is 0 Å². The number of anilines is 3. The molecule has 2 atom stereocenters. The van der Waals surface area contributed by atoms with Crippen LogP contribution in [0.4, 0.5) is 40.2 Å². The van der Waals surface area contributed by atoms with Gasteiger partial charge < -0.3 is 35.6 Å². The molecule has 5 rings (SSSR count). The summed E-state index contributed by atoms with van der Waals surface area (Å²) < 4.78 is 38.6. The first-order valence-electron chi connectivity index (χ1n) is 16.4. The van der Waals surface area contributed by atoms with Gasteiger partial charge in [0.2, 0.25) is 0 Å². The predicted octanol–water partition coefficient (Wildman–Crippen LogP) is 6.11. The molecule has 3 heterocycles. The first-order chi connectivity index (χ1) is 23.9. The number of methoxy groups -OCH3 is 2. The minimum atomic E-state index is -0.545. The van der Waals surface area contributed by atoms with E-state index < -0.39 is 11.8 Å². The average molecular weight is 713 g/mol. The Labute approximate surface area is 298 Å². The molecule has 2 aliphatic rings. The lowest BCUT2D eigenvalue weighted by atomic mass is 10.0. The largest absolute Gasteiger partial charge is 0.453 e. The van der Waals surface area contributed by atoms with Gasteiger partial charge in [0.15, 0.2) is 11.6 Å². The summed E-state index contributed by atoms with van der Waals surface area (Å²) in [5.74, 6) is -0.826. The number of pyridine rings is 1. The number of nitrogens with two attached hydrogens (primary N) is 1. The summed E-state index contributed by atoms with van der Waals surface area (Å²) in [4.78, 5) is 46.9. The second kappa shape index (κ2) is 18.8. The number of benzene rings is 2. The number of ether oxygens (including phenoxy) is 2. The maximum atomic E-state index is 15.1. The maximum Gasteiger partial charge on any atom is 0.409 e. The smallest absolute Gasteiger partial charge is 0.409 e. The van der Waals surface area contributed by atoms with Gasteiger partial charge in [-0.05, 0) is 45.0 Å². The second-order valence-corrected chi connectivity index (χ2v) is 12.1. The van der Waals surface area contributed by atoms with Gasteiger partial charge >= 0.3 is 18.2 Å². The van der Waals surface area contributed by atoms with E-state index in [0.717, 1.165) is 5.69 Å². The van der Waals surface area contributed by atoms with Crippen molar-refractivity contribution in [3.05, 3.63) is 83.2 Å². The van der Waals surface area contributed by atoms with Crippen molar-refractivity contribution < 1.29 is 32.6 Å².